The molecule has 0 bridgehead atoms. The van der Waals surface area contributed by atoms with Gasteiger partial charge in [-0.1, -0.05) is 0 Å². The maximum Gasteiger partial charge on any atom is 0.238 e. The maximum absolute atomic E-state index is 11.3. The van der Waals surface area contributed by atoms with Crippen LogP contribution in [0.3, 0.4) is 0 Å². The second kappa shape index (κ2) is 6.24. The molecule has 1 fully saturated rings. The number of piperidine rings is 1. The summed E-state index contributed by atoms with van der Waals surface area (Å²) in [6, 6.07) is 10.3. The van der Waals surface area contributed by atoms with Crippen molar-refractivity contribution in [3.05, 3.63) is 24.3 Å². The van der Waals surface area contributed by atoms with E-state index in [1.165, 1.54) is 24.9 Å². The minimum Gasteiger partial charge on any atom is -0.369 e. The fourth-order valence-corrected chi connectivity index (χ4v) is 2.49. The van der Waals surface area contributed by atoms with Gasteiger partial charge in [-0.2, -0.15) is 5.26 Å². The Hall–Kier alpha value is -2.02. The molecule has 19 heavy (non-hydrogen) atoms. The molecule has 0 radical (unpaired) electrons. The fourth-order valence-electron chi connectivity index (χ4n) is 2.49. The predicted octanol–water partition coefficient (Wildman–Crippen LogP) is 2.92. The lowest BCUT2D eigenvalue weighted by Gasteiger charge is -2.35. The number of hydrogen-bond acceptors (Lipinski definition) is 3. The molecule has 1 heterocycles. The Bertz CT molecular complexity index is 475. The van der Waals surface area contributed by atoms with E-state index >= 15 is 0 Å². The third-order valence-electron chi connectivity index (χ3n) is 3.53. The maximum atomic E-state index is 11.3. The van der Waals surface area contributed by atoms with Crippen LogP contribution in [0, 0.1) is 11.3 Å². The van der Waals surface area contributed by atoms with E-state index in [9.17, 15) is 4.79 Å². The summed E-state index contributed by atoms with van der Waals surface area (Å²) in [6.07, 6.45) is 3.68. The number of benzene rings is 1. The van der Waals surface area contributed by atoms with E-state index in [-0.39, 0.29) is 12.3 Å². The van der Waals surface area contributed by atoms with E-state index in [4.69, 9.17) is 5.26 Å². The largest absolute Gasteiger partial charge is 0.369 e. The van der Waals surface area contributed by atoms with Gasteiger partial charge in [0.25, 0.3) is 0 Å². The standard InChI is InChI=1S/C15H19N3O/c1-12-4-2-3-11-18(12)14-7-5-13(6-8-14)17-15(19)9-10-16/h5-8,12H,2-4,9,11H2,1H3,(H,17,19). The number of carbonyl (C=O) groups excluding carboxylic acids is 1. The average Bonchev–Trinajstić information content (AvgIpc) is 2.41. The smallest absolute Gasteiger partial charge is 0.238 e. The first-order valence-electron chi connectivity index (χ1n) is 6.74. The van der Waals surface area contributed by atoms with Crippen molar-refractivity contribution in [3.8, 4) is 6.07 Å². The minimum atomic E-state index is -0.262. The van der Waals surface area contributed by atoms with Crippen LogP contribution >= 0.6 is 0 Å². The second-order valence-corrected chi connectivity index (χ2v) is 4.97. The zero-order valence-corrected chi connectivity index (χ0v) is 11.2. The van der Waals surface area contributed by atoms with E-state index in [1.54, 1.807) is 0 Å². The summed E-state index contributed by atoms with van der Waals surface area (Å²) in [5.74, 6) is -0.262. The van der Waals surface area contributed by atoms with Crippen molar-refractivity contribution < 1.29 is 4.79 Å². The zero-order valence-electron chi connectivity index (χ0n) is 11.2. The molecule has 1 aromatic carbocycles. The number of hydrogen-bond donors (Lipinski definition) is 1. The first-order valence-corrected chi connectivity index (χ1v) is 6.74. The topological polar surface area (TPSA) is 56.1 Å². The monoisotopic (exact) mass is 257 g/mol. The lowest BCUT2D eigenvalue weighted by molar-refractivity contribution is -0.115. The van der Waals surface area contributed by atoms with Crippen LogP contribution in [0.4, 0.5) is 11.4 Å². The van der Waals surface area contributed by atoms with Crippen LogP contribution in [0.5, 0.6) is 0 Å². The Labute approximate surface area is 114 Å². The summed E-state index contributed by atoms with van der Waals surface area (Å²) >= 11 is 0. The summed E-state index contributed by atoms with van der Waals surface area (Å²) in [5.41, 5.74) is 1.94. The molecule has 0 aromatic heterocycles. The molecule has 1 saturated heterocycles. The molecule has 4 nitrogen and oxygen atoms in total. The fraction of sp³-hybridized carbons (Fsp3) is 0.467. The van der Waals surface area contributed by atoms with E-state index in [2.05, 4.69) is 17.1 Å². The van der Waals surface area contributed by atoms with Gasteiger partial charge in [0, 0.05) is 24.0 Å². The number of nitriles is 1. The van der Waals surface area contributed by atoms with Gasteiger partial charge in [0.1, 0.15) is 6.42 Å². The summed E-state index contributed by atoms with van der Waals surface area (Å²) in [4.78, 5) is 13.7. The summed E-state index contributed by atoms with van der Waals surface area (Å²) < 4.78 is 0. The molecule has 2 rings (SSSR count). The van der Waals surface area contributed by atoms with Gasteiger partial charge in [-0.05, 0) is 50.5 Å². The first kappa shape index (κ1) is 13.4. The van der Waals surface area contributed by atoms with Crippen LogP contribution in [0.2, 0.25) is 0 Å². The summed E-state index contributed by atoms with van der Waals surface area (Å²) in [5, 5.41) is 11.1. The highest BCUT2D eigenvalue weighted by atomic mass is 16.1. The van der Waals surface area contributed by atoms with E-state index < -0.39 is 0 Å². The van der Waals surface area contributed by atoms with Crippen LogP contribution in [0.25, 0.3) is 0 Å². The number of nitrogens with one attached hydrogen (secondary N) is 1. The number of carbonyl (C=O) groups is 1. The quantitative estimate of drug-likeness (QED) is 0.905. The van der Waals surface area contributed by atoms with Crippen molar-refractivity contribution in [1.82, 2.24) is 0 Å². The van der Waals surface area contributed by atoms with Crippen molar-refractivity contribution in [1.29, 1.82) is 5.26 Å². The van der Waals surface area contributed by atoms with E-state index in [1.807, 2.05) is 30.3 Å². The number of rotatable bonds is 3. The molecular weight excluding hydrogens is 238 g/mol. The van der Waals surface area contributed by atoms with Crippen molar-refractivity contribution >= 4 is 17.3 Å². The Morgan fingerprint density at radius 3 is 2.79 bits per heavy atom. The lowest BCUT2D eigenvalue weighted by atomic mass is 10.0. The van der Waals surface area contributed by atoms with Crippen LogP contribution in [0.15, 0.2) is 24.3 Å². The molecule has 100 valence electrons. The molecule has 1 aliphatic rings. The average molecular weight is 257 g/mol. The summed E-state index contributed by atoms with van der Waals surface area (Å²) in [7, 11) is 0. The molecule has 1 amide bonds. The zero-order chi connectivity index (χ0) is 13.7. The Kier molecular flexibility index (Phi) is 4.40. The molecule has 1 atom stereocenters. The molecule has 1 unspecified atom stereocenters. The van der Waals surface area contributed by atoms with Crippen LogP contribution in [-0.2, 0) is 4.79 Å². The van der Waals surface area contributed by atoms with E-state index in [0.29, 0.717) is 6.04 Å². The summed E-state index contributed by atoms with van der Waals surface area (Å²) in [6.45, 7) is 3.35. The van der Waals surface area contributed by atoms with Gasteiger partial charge in [0.05, 0.1) is 6.07 Å². The van der Waals surface area contributed by atoms with Crippen LogP contribution in [-0.4, -0.2) is 18.5 Å². The molecule has 0 aliphatic carbocycles. The SMILES string of the molecule is CC1CCCCN1c1ccc(NC(=O)CC#N)cc1. The Morgan fingerprint density at radius 1 is 1.42 bits per heavy atom. The van der Waals surface area contributed by atoms with Gasteiger partial charge in [-0.25, -0.2) is 0 Å². The van der Waals surface area contributed by atoms with Gasteiger partial charge in [0.2, 0.25) is 5.91 Å². The van der Waals surface area contributed by atoms with Crippen molar-refractivity contribution in [2.45, 2.75) is 38.6 Å². The highest BCUT2D eigenvalue weighted by Crippen LogP contribution is 2.25. The molecule has 1 aromatic rings. The molecule has 4 heteroatoms. The first-order chi connectivity index (χ1) is 9.20. The number of nitrogens with zero attached hydrogens (tertiary/aromatic N) is 2. The number of amides is 1. The third kappa shape index (κ3) is 3.47. The number of anilines is 2. The van der Waals surface area contributed by atoms with Gasteiger partial charge in [-0.3, -0.25) is 4.79 Å². The minimum absolute atomic E-state index is 0.106. The van der Waals surface area contributed by atoms with Crippen molar-refractivity contribution in [3.63, 3.8) is 0 Å². The highest BCUT2D eigenvalue weighted by Gasteiger charge is 2.18. The van der Waals surface area contributed by atoms with E-state index in [0.717, 1.165) is 12.2 Å². The van der Waals surface area contributed by atoms with Gasteiger partial charge in [-0.15, -0.1) is 0 Å². The second-order valence-electron chi connectivity index (χ2n) is 4.97. The van der Waals surface area contributed by atoms with Gasteiger partial charge in [0.15, 0.2) is 0 Å². The lowest BCUT2D eigenvalue weighted by Crippen LogP contribution is -2.37. The van der Waals surface area contributed by atoms with Crippen LogP contribution < -0.4 is 10.2 Å². The van der Waals surface area contributed by atoms with Gasteiger partial charge >= 0.3 is 0 Å². The van der Waals surface area contributed by atoms with Crippen LogP contribution in [0.1, 0.15) is 32.6 Å². The highest BCUT2D eigenvalue weighted by molar-refractivity contribution is 5.92. The van der Waals surface area contributed by atoms with Crippen molar-refractivity contribution in [2.24, 2.45) is 0 Å². The van der Waals surface area contributed by atoms with Crippen molar-refractivity contribution in [2.75, 3.05) is 16.8 Å². The third-order valence-corrected chi connectivity index (χ3v) is 3.53. The molecule has 0 saturated carbocycles. The normalized spacial score (nSPS) is 18.7. The molecular formula is C15H19N3O. The Balaban J connectivity index is 2.02. The molecule has 1 N–H and O–H groups in total. The Morgan fingerprint density at radius 2 is 2.16 bits per heavy atom. The molecule has 0 spiro atoms. The predicted molar refractivity (Wildman–Crippen MR) is 76.0 cm³/mol. The van der Waals surface area contributed by atoms with Gasteiger partial charge < -0.3 is 10.2 Å². The molecule has 1 aliphatic heterocycles.